The highest BCUT2D eigenvalue weighted by molar-refractivity contribution is 9.11. The SMILES string of the molecule is CCNCc1cc(S(=O)(=O)NC(C)(CC)CC)c(Br)s1. The Hall–Kier alpha value is 0.0500. The van der Waals surface area contributed by atoms with Gasteiger partial charge in [0.15, 0.2) is 0 Å². The lowest BCUT2D eigenvalue weighted by molar-refractivity contribution is 0.388. The highest BCUT2D eigenvalue weighted by atomic mass is 79.9. The van der Waals surface area contributed by atoms with Crippen molar-refractivity contribution >= 4 is 37.3 Å². The van der Waals surface area contributed by atoms with E-state index in [0.29, 0.717) is 15.2 Å². The highest BCUT2D eigenvalue weighted by Gasteiger charge is 2.29. The molecule has 7 heteroatoms. The van der Waals surface area contributed by atoms with Gasteiger partial charge in [-0.15, -0.1) is 11.3 Å². The van der Waals surface area contributed by atoms with Crippen LogP contribution >= 0.6 is 27.3 Å². The Morgan fingerprint density at radius 1 is 1.30 bits per heavy atom. The van der Waals surface area contributed by atoms with E-state index >= 15 is 0 Å². The van der Waals surface area contributed by atoms with E-state index in [9.17, 15) is 8.42 Å². The van der Waals surface area contributed by atoms with Gasteiger partial charge in [0.05, 0.1) is 3.79 Å². The second kappa shape index (κ2) is 7.35. The predicted octanol–water partition coefficient (Wildman–Crippen LogP) is 3.48. The van der Waals surface area contributed by atoms with Crippen molar-refractivity contribution in [2.75, 3.05) is 6.54 Å². The van der Waals surface area contributed by atoms with Crippen molar-refractivity contribution in [2.45, 2.75) is 57.5 Å². The Morgan fingerprint density at radius 2 is 1.90 bits per heavy atom. The molecule has 2 N–H and O–H groups in total. The van der Waals surface area contributed by atoms with Gasteiger partial charge in [-0.05, 0) is 48.3 Å². The fourth-order valence-electron chi connectivity index (χ4n) is 1.69. The lowest BCUT2D eigenvalue weighted by Crippen LogP contribution is -2.44. The van der Waals surface area contributed by atoms with Crippen molar-refractivity contribution < 1.29 is 8.42 Å². The number of nitrogens with one attached hydrogen (secondary N) is 2. The molecule has 0 fully saturated rings. The van der Waals surface area contributed by atoms with Crippen LogP contribution in [0.4, 0.5) is 0 Å². The van der Waals surface area contributed by atoms with Crippen molar-refractivity contribution in [3.05, 3.63) is 14.7 Å². The molecule has 1 heterocycles. The minimum atomic E-state index is -3.49. The molecule has 1 aromatic heterocycles. The van der Waals surface area contributed by atoms with Crippen LogP contribution in [0.5, 0.6) is 0 Å². The highest BCUT2D eigenvalue weighted by Crippen LogP contribution is 2.32. The van der Waals surface area contributed by atoms with Gasteiger partial charge in [0, 0.05) is 17.0 Å². The predicted molar refractivity (Wildman–Crippen MR) is 88.7 cm³/mol. The Bertz CT molecular complexity index is 537. The first-order valence-electron chi connectivity index (χ1n) is 6.81. The molecule has 0 bridgehead atoms. The fourth-order valence-corrected chi connectivity index (χ4v) is 5.89. The van der Waals surface area contributed by atoms with E-state index in [0.717, 1.165) is 24.3 Å². The Morgan fingerprint density at radius 3 is 2.40 bits per heavy atom. The maximum atomic E-state index is 12.5. The molecule has 0 amide bonds. The van der Waals surface area contributed by atoms with Gasteiger partial charge in [0.25, 0.3) is 0 Å². The molecule has 1 rings (SSSR count). The maximum Gasteiger partial charge on any atom is 0.243 e. The zero-order valence-corrected chi connectivity index (χ0v) is 15.6. The van der Waals surface area contributed by atoms with E-state index in [1.165, 1.54) is 11.3 Å². The lowest BCUT2D eigenvalue weighted by atomic mass is 9.98. The van der Waals surface area contributed by atoms with Gasteiger partial charge < -0.3 is 5.32 Å². The number of rotatable bonds is 8. The molecule has 116 valence electrons. The van der Waals surface area contributed by atoms with E-state index in [1.54, 1.807) is 6.07 Å². The Kier molecular flexibility index (Phi) is 6.66. The second-order valence-electron chi connectivity index (χ2n) is 5.00. The van der Waals surface area contributed by atoms with Crippen LogP contribution in [0.25, 0.3) is 0 Å². The topological polar surface area (TPSA) is 58.2 Å². The summed E-state index contributed by atoms with van der Waals surface area (Å²) in [4.78, 5) is 1.34. The molecule has 0 aliphatic rings. The van der Waals surface area contributed by atoms with Crippen LogP contribution in [-0.4, -0.2) is 20.5 Å². The van der Waals surface area contributed by atoms with Crippen molar-refractivity contribution in [3.8, 4) is 0 Å². The van der Waals surface area contributed by atoms with Gasteiger partial charge in [0.1, 0.15) is 4.90 Å². The van der Waals surface area contributed by atoms with Crippen LogP contribution in [-0.2, 0) is 16.6 Å². The summed E-state index contributed by atoms with van der Waals surface area (Å²) in [5.41, 5.74) is -0.401. The summed E-state index contributed by atoms with van der Waals surface area (Å²) in [6.07, 6.45) is 1.52. The zero-order valence-electron chi connectivity index (χ0n) is 12.4. The fraction of sp³-hybridized carbons (Fsp3) is 0.692. The van der Waals surface area contributed by atoms with Crippen LogP contribution in [0.1, 0.15) is 45.4 Å². The molecule has 0 aliphatic heterocycles. The molecule has 0 atom stereocenters. The summed E-state index contributed by atoms with van der Waals surface area (Å²) in [5.74, 6) is 0. The molecule has 1 aromatic rings. The van der Waals surface area contributed by atoms with E-state index in [-0.39, 0.29) is 0 Å². The van der Waals surface area contributed by atoms with Crippen molar-refractivity contribution in [1.29, 1.82) is 0 Å². The first-order chi connectivity index (χ1) is 9.28. The first kappa shape index (κ1) is 18.1. The molecular weight excluding hydrogens is 360 g/mol. The lowest BCUT2D eigenvalue weighted by Gasteiger charge is -2.27. The van der Waals surface area contributed by atoms with Gasteiger partial charge in [-0.1, -0.05) is 20.8 Å². The molecule has 0 saturated heterocycles. The van der Waals surface area contributed by atoms with E-state index in [1.807, 2.05) is 27.7 Å². The molecule has 0 aliphatic carbocycles. The van der Waals surface area contributed by atoms with Crippen LogP contribution in [0.3, 0.4) is 0 Å². The average Bonchev–Trinajstić information content (AvgIpc) is 2.78. The van der Waals surface area contributed by atoms with E-state index < -0.39 is 15.6 Å². The van der Waals surface area contributed by atoms with Crippen molar-refractivity contribution in [2.24, 2.45) is 0 Å². The smallest absolute Gasteiger partial charge is 0.243 e. The second-order valence-corrected chi connectivity index (χ2v) is 9.11. The van der Waals surface area contributed by atoms with Gasteiger partial charge in [-0.2, -0.15) is 0 Å². The molecular formula is C13H23BrN2O2S2. The third-order valence-corrected chi connectivity index (χ3v) is 7.38. The normalized spacial score (nSPS) is 12.8. The summed E-state index contributed by atoms with van der Waals surface area (Å²) < 4.78 is 28.5. The number of halogens is 1. The van der Waals surface area contributed by atoms with Gasteiger partial charge in [0.2, 0.25) is 10.0 Å². The Labute approximate surface area is 134 Å². The molecule has 0 aromatic carbocycles. The van der Waals surface area contributed by atoms with Crippen LogP contribution in [0.15, 0.2) is 14.7 Å². The summed E-state index contributed by atoms with van der Waals surface area (Å²) in [6, 6.07) is 1.74. The number of hydrogen-bond donors (Lipinski definition) is 2. The first-order valence-corrected chi connectivity index (χ1v) is 9.90. The van der Waals surface area contributed by atoms with Crippen molar-refractivity contribution in [3.63, 3.8) is 0 Å². The van der Waals surface area contributed by atoms with Gasteiger partial charge in [-0.3, -0.25) is 0 Å². The number of hydrogen-bond acceptors (Lipinski definition) is 4. The van der Waals surface area contributed by atoms with E-state index in [2.05, 4.69) is 26.0 Å². The molecule has 20 heavy (non-hydrogen) atoms. The third-order valence-electron chi connectivity index (χ3n) is 3.49. The summed E-state index contributed by atoms with van der Waals surface area (Å²) in [5, 5.41) is 3.20. The maximum absolute atomic E-state index is 12.5. The zero-order chi connectivity index (χ0) is 15.4. The van der Waals surface area contributed by atoms with Crippen LogP contribution < -0.4 is 10.0 Å². The molecule has 4 nitrogen and oxygen atoms in total. The molecule has 0 radical (unpaired) electrons. The largest absolute Gasteiger partial charge is 0.312 e. The molecule has 0 spiro atoms. The standard InChI is InChI=1S/C13H23BrN2O2S2/c1-5-13(4,6-2)16-20(17,18)11-8-10(9-15-7-3)19-12(11)14/h8,15-16H,5-7,9H2,1-4H3. The van der Waals surface area contributed by atoms with Crippen LogP contribution in [0.2, 0.25) is 0 Å². The average molecular weight is 383 g/mol. The Balaban J connectivity index is 3.01. The molecule has 0 saturated carbocycles. The quantitative estimate of drug-likeness (QED) is 0.723. The summed E-state index contributed by atoms with van der Waals surface area (Å²) in [6.45, 7) is 9.49. The minimum absolute atomic E-state index is 0.337. The number of sulfonamides is 1. The van der Waals surface area contributed by atoms with Crippen molar-refractivity contribution in [1.82, 2.24) is 10.0 Å². The summed E-state index contributed by atoms with van der Waals surface area (Å²) >= 11 is 4.83. The minimum Gasteiger partial charge on any atom is -0.312 e. The monoisotopic (exact) mass is 382 g/mol. The molecule has 0 unspecified atom stereocenters. The third kappa shape index (κ3) is 4.53. The summed E-state index contributed by atoms with van der Waals surface area (Å²) in [7, 11) is -3.49. The van der Waals surface area contributed by atoms with Crippen LogP contribution in [0, 0.1) is 0 Å². The van der Waals surface area contributed by atoms with Gasteiger partial charge in [-0.25, -0.2) is 13.1 Å². The van der Waals surface area contributed by atoms with Gasteiger partial charge >= 0.3 is 0 Å². The van der Waals surface area contributed by atoms with E-state index in [4.69, 9.17) is 0 Å². The number of thiophene rings is 1.